The average Bonchev–Trinajstić information content (AvgIpc) is 3.19. The molecule has 2 aromatic heterocycles. The van der Waals surface area contributed by atoms with Crippen LogP contribution >= 0.6 is 0 Å². The van der Waals surface area contributed by atoms with Gasteiger partial charge in [-0.2, -0.15) is 5.10 Å². The third-order valence-corrected chi connectivity index (χ3v) is 4.25. The molecule has 0 unspecified atom stereocenters. The van der Waals surface area contributed by atoms with Crippen molar-refractivity contribution in [2.45, 2.75) is 25.0 Å². The molecule has 1 aliphatic heterocycles. The van der Waals surface area contributed by atoms with E-state index in [0.29, 0.717) is 12.5 Å². The third-order valence-electron chi connectivity index (χ3n) is 4.25. The molecule has 0 amide bonds. The lowest BCUT2D eigenvalue weighted by atomic mass is 10.0. The van der Waals surface area contributed by atoms with Crippen molar-refractivity contribution in [2.24, 2.45) is 7.05 Å². The van der Waals surface area contributed by atoms with Gasteiger partial charge in [-0.15, -0.1) is 6.58 Å². The summed E-state index contributed by atoms with van der Waals surface area (Å²) >= 11 is 0. The molecule has 1 fully saturated rings. The van der Waals surface area contributed by atoms with E-state index >= 15 is 0 Å². The number of nitrogens with zero attached hydrogens (tertiary/aromatic N) is 5. The quantitative estimate of drug-likeness (QED) is 0.719. The monoisotopic (exact) mass is 329 g/mol. The van der Waals surface area contributed by atoms with Crippen molar-refractivity contribution < 1.29 is 9.47 Å². The number of rotatable bonds is 7. The second-order valence-corrected chi connectivity index (χ2v) is 5.85. The summed E-state index contributed by atoms with van der Waals surface area (Å²) in [4.78, 5) is 10.8. The minimum atomic E-state index is 0.129. The van der Waals surface area contributed by atoms with Crippen molar-refractivity contribution in [3.05, 3.63) is 43.0 Å². The Morgan fingerprint density at radius 2 is 2.29 bits per heavy atom. The van der Waals surface area contributed by atoms with Crippen molar-refractivity contribution in [3.8, 4) is 5.88 Å². The van der Waals surface area contributed by atoms with E-state index in [2.05, 4.69) is 26.5 Å². The van der Waals surface area contributed by atoms with Gasteiger partial charge in [0, 0.05) is 25.9 Å². The van der Waals surface area contributed by atoms with Crippen molar-refractivity contribution in [2.75, 3.05) is 25.2 Å². The maximum Gasteiger partial charge on any atom is 0.218 e. The Balaban J connectivity index is 1.83. The van der Waals surface area contributed by atoms with Crippen molar-refractivity contribution in [1.82, 2.24) is 19.7 Å². The van der Waals surface area contributed by atoms with Crippen LogP contribution in [0.15, 0.2) is 37.4 Å². The average molecular weight is 329 g/mol. The number of aryl methyl sites for hydroxylation is 1. The molecule has 7 nitrogen and oxygen atoms in total. The first-order valence-electron chi connectivity index (χ1n) is 8.04. The molecule has 7 heteroatoms. The van der Waals surface area contributed by atoms with Crippen LogP contribution in [0, 0.1) is 0 Å². The lowest BCUT2D eigenvalue weighted by Gasteiger charge is -2.28. The van der Waals surface area contributed by atoms with Gasteiger partial charge in [-0.25, -0.2) is 9.97 Å². The first-order chi connectivity index (χ1) is 11.7. The second kappa shape index (κ2) is 7.44. The summed E-state index contributed by atoms with van der Waals surface area (Å²) in [7, 11) is 3.54. The van der Waals surface area contributed by atoms with Crippen molar-refractivity contribution >= 4 is 5.82 Å². The molecule has 128 valence electrons. The summed E-state index contributed by atoms with van der Waals surface area (Å²) in [6.07, 6.45) is 9.20. The molecule has 0 aliphatic carbocycles. The number of hydrogen-bond donors (Lipinski definition) is 0. The molecule has 24 heavy (non-hydrogen) atoms. The van der Waals surface area contributed by atoms with Crippen LogP contribution in [0.4, 0.5) is 5.82 Å². The van der Waals surface area contributed by atoms with Crippen LogP contribution in [-0.4, -0.2) is 52.2 Å². The summed E-state index contributed by atoms with van der Waals surface area (Å²) in [5, 5.41) is 4.27. The molecule has 3 heterocycles. The topological polar surface area (TPSA) is 65.3 Å². The molecule has 2 atom stereocenters. The minimum absolute atomic E-state index is 0.129. The van der Waals surface area contributed by atoms with Gasteiger partial charge in [0.1, 0.15) is 12.1 Å². The Bertz CT molecular complexity index is 687. The predicted molar refractivity (Wildman–Crippen MR) is 91.2 cm³/mol. The highest BCUT2D eigenvalue weighted by atomic mass is 16.5. The fourth-order valence-corrected chi connectivity index (χ4v) is 3.15. The number of hydrogen-bond acceptors (Lipinski definition) is 6. The summed E-state index contributed by atoms with van der Waals surface area (Å²) in [6.45, 7) is 5.18. The van der Waals surface area contributed by atoms with E-state index in [1.165, 1.54) is 11.9 Å². The fourth-order valence-electron chi connectivity index (χ4n) is 3.15. The van der Waals surface area contributed by atoms with E-state index < -0.39 is 0 Å². The summed E-state index contributed by atoms with van der Waals surface area (Å²) in [5.74, 6) is 1.43. The zero-order valence-electron chi connectivity index (χ0n) is 14.1. The van der Waals surface area contributed by atoms with Crippen LogP contribution in [-0.2, 0) is 18.2 Å². The molecule has 1 aliphatic rings. The highest BCUT2D eigenvalue weighted by molar-refractivity contribution is 5.44. The zero-order chi connectivity index (χ0) is 16.9. The normalized spacial score (nSPS) is 20.3. The van der Waals surface area contributed by atoms with E-state index in [-0.39, 0.29) is 12.1 Å². The Morgan fingerprint density at radius 1 is 1.42 bits per heavy atom. The van der Waals surface area contributed by atoms with Crippen LogP contribution in [0.5, 0.6) is 5.88 Å². The molecular weight excluding hydrogens is 306 g/mol. The maximum absolute atomic E-state index is 5.99. The molecule has 0 aromatic carbocycles. The third kappa shape index (κ3) is 3.56. The van der Waals surface area contributed by atoms with Gasteiger partial charge in [0.2, 0.25) is 5.88 Å². The van der Waals surface area contributed by atoms with E-state index in [9.17, 15) is 0 Å². The van der Waals surface area contributed by atoms with Crippen LogP contribution in [0.2, 0.25) is 0 Å². The van der Waals surface area contributed by atoms with Gasteiger partial charge in [0.05, 0.1) is 32.1 Å². The largest absolute Gasteiger partial charge is 0.481 e. The molecule has 1 saturated heterocycles. The Kier molecular flexibility index (Phi) is 5.10. The Labute approximate surface area is 141 Å². The number of aromatic nitrogens is 4. The summed E-state index contributed by atoms with van der Waals surface area (Å²) < 4.78 is 13.0. The molecule has 0 N–H and O–H groups in total. The van der Waals surface area contributed by atoms with E-state index in [1.54, 1.807) is 13.2 Å². The van der Waals surface area contributed by atoms with Gasteiger partial charge in [0.25, 0.3) is 0 Å². The van der Waals surface area contributed by atoms with Gasteiger partial charge in [0.15, 0.2) is 0 Å². The van der Waals surface area contributed by atoms with Gasteiger partial charge < -0.3 is 14.4 Å². The predicted octanol–water partition coefficient (Wildman–Crippen LogP) is 1.61. The van der Waals surface area contributed by atoms with E-state index in [1.807, 2.05) is 30.2 Å². The minimum Gasteiger partial charge on any atom is -0.481 e. The Morgan fingerprint density at radius 3 is 3.00 bits per heavy atom. The lowest BCUT2D eigenvalue weighted by molar-refractivity contribution is 0.0681. The number of methoxy groups -OCH3 is 1. The van der Waals surface area contributed by atoms with Crippen molar-refractivity contribution in [3.63, 3.8) is 0 Å². The first kappa shape index (κ1) is 16.4. The summed E-state index contributed by atoms with van der Waals surface area (Å²) in [5.41, 5.74) is 1.18. The van der Waals surface area contributed by atoms with Crippen molar-refractivity contribution in [1.29, 1.82) is 0 Å². The standard InChI is InChI=1S/C17H23N5O2/c1-4-7-24-15-5-6-22(16-9-17(23-3)19-12-18-16)14(15)8-13-10-20-21(2)11-13/h4,9-12,14-15H,1,5-8H2,2-3H3/t14-,15-/m1/s1. The fraction of sp³-hybridized carbons (Fsp3) is 0.471. The van der Waals surface area contributed by atoms with Crippen LogP contribution in [0.3, 0.4) is 0 Å². The molecule has 0 radical (unpaired) electrons. The van der Waals surface area contributed by atoms with Gasteiger partial charge >= 0.3 is 0 Å². The van der Waals surface area contributed by atoms with Crippen LogP contribution in [0.1, 0.15) is 12.0 Å². The van der Waals surface area contributed by atoms with Gasteiger partial charge in [-0.3, -0.25) is 4.68 Å². The highest BCUT2D eigenvalue weighted by Gasteiger charge is 2.36. The molecule has 0 saturated carbocycles. The summed E-state index contributed by atoms with van der Waals surface area (Å²) in [6, 6.07) is 2.06. The Hall–Kier alpha value is -2.41. The first-order valence-corrected chi connectivity index (χ1v) is 8.04. The van der Waals surface area contributed by atoms with Gasteiger partial charge in [-0.1, -0.05) is 6.08 Å². The lowest BCUT2D eigenvalue weighted by Crippen LogP contribution is -2.38. The van der Waals surface area contributed by atoms with Gasteiger partial charge in [-0.05, 0) is 18.4 Å². The smallest absolute Gasteiger partial charge is 0.218 e. The van der Waals surface area contributed by atoms with Crippen LogP contribution in [0.25, 0.3) is 0 Å². The van der Waals surface area contributed by atoms with Crippen LogP contribution < -0.4 is 9.64 Å². The van der Waals surface area contributed by atoms with E-state index in [0.717, 1.165) is 25.2 Å². The molecular formula is C17H23N5O2. The number of anilines is 1. The molecule has 2 aromatic rings. The molecule has 0 bridgehead atoms. The highest BCUT2D eigenvalue weighted by Crippen LogP contribution is 2.29. The SMILES string of the molecule is C=CCO[C@@H]1CCN(c2cc(OC)ncn2)[C@@H]1Cc1cnn(C)c1. The second-order valence-electron chi connectivity index (χ2n) is 5.85. The zero-order valence-corrected chi connectivity index (χ0v) is 14.1. The number of ether oxygens (including phenoxy) is 2. The molecule has 0 spiro atoms. The molecule has 3 rings (SSSR count). The van der Waals surface area contributed by atoms with E-state index in [4.69, 9.17) is 9.47 Å². The maximum atomic E-state index is 5.99.